The van der Waals surface area contributed by atoms with Gasteiger partial charge < -0.3 is 4.74 Å². The lowest BCUT2D eigenvalue weighted by molar-refractivity contribution is -0.00771. The Labute approximate surface area is 118 Å². The van der Waals surface area contributed by atoms with Crippen LogP contribution in [0.2, 0.25) is 0 Å². The quantitative estimate of drug-likeness (QED) is 0.776. The van der Waals surface area contributed by atoms with Crippen LogP contribution in [0.3, 0.4) is 0 Å². The van der Waals surface area contributed by atoms with Crippen LogP contribution in [0.1, 0.15) is 13.8 Å². The molecule has 0 atom stereocenters. The molecule has 2 rings (SSSR count). The number of halogens is 1. The molecule has 1 saturated heterocycles. The maximum atomic E-state index is 12.6. The van der Waals surface area contributed by atoms with Crippen LogP contribution < -0.4 is 0 Å². The first-order chi connectivity index (χ1) is 8.88. The Morgan fingerprint density at radius 3 is 2.89 bits per heavy atom. The van der Waals surface area contributed by atoms with E-state index in [0.717, 1.165) is 0 Å². The summed E-state index contributed by atoms with van der Waals surface area (Å²) in [6.45, 7) is 5.36. The molecule has 0 spiro atoms. The first-order valence-electron chi connectivity index (χ1n) is 6.07. The third kappa shape index (κ3) is 2.94. The van der Waals surface area contributed by atoms with Crippen LogP contribution in [0.25, 0.3) is 0 Å². The van der Waals surface area contributed by atoms with E-state index in [1.54, 1.807) is 0 Å². The summed E-state index contributed by atoms with van der Waals surface area (Å²) < 4.78 is 33.6. The van der Waals surface area contributed by atoms with Crippen molar-refractivity contribution in [1.82, 2.24) is 14.1 Å². The monoisotopic (exact) mass is 307 g/mol. The van der Waals surface area contributed by atoms with Crippen molar-refractivity contribution >= 4 is 21.6 Å². The van der Waals surface area contributed by atoms with Crippen molar-refractivity contribution in [2.24, 2.45) is 0 Å². The van der Waals surface area contributed by atoms with E-state index in [2.05, 4.69) is 5.10 Å². The standard InChI is InChI=1S/C11H18ClN3O3S/c1-11(2)9-18-6-5-15(11)19(16,17)10-7-13-14(8-10)4-3-12/h7-8H,3-6,9H2,1-2H3. The van der Waals surface area contributed by atoms with Crippen LogP contribution >= 0.6 is 11.6 Å². The molecule has 0 aliphatic carbocycles. The molecule has 8 heteroatoms. The highest BCUT2D eigenvalue weighted by molar-refractivity contribution is 7.89. The molecule has 108 valence electrons. The molecule has 0 amide bonds. The summed E-state index contributed by atoms with van der Waals surface area (Å²) in [5, 5.41) is 4.01. The van der Waals surface area contributed by atoms with Crippen LogP contribution in [-0.4, -0.2) is 53.7 Å². The lowest BCUT2D eigenvalue weighted by Gasteiger charge is -2.40. The van der Waals surface area contributed by atoms with Crippen LogP contribution in [0.4, 0.5) is 0 Å². The average molecular weight is 308 g/mol. The number of sulfonamides is 1. The Kier molecular flexibility index (Phi) is 4.20. The Bertz CT molecular complexity index is 541. The van der Waals surface area contributed by atoms with Gasteiger partial charge in [0.15, 0.2) is 0 Å². The minimum Gasteiger partial charge on any atom is -0.378 e. The molecule has 1 aromatic rings. The highest BCUT2D eigenvalue weighted by atomic mass is 35.5. The number of alkyl halides is 1. The minimum absolute atomic E-state index is 0.201. The molecule has 0 bridgehead atoms. The predicted molar refractivity (Wildman–Crippen MR) is 71.7 cm³/mol. The second-order valence-corrected chi connectivity index (χ2v) is 7.31. The number of morpholine rings is 1. The lowest BCUT2D eigenvalue weighted by atomic mass is 10.1. The predicted octanol–water partition coefficient (Wildman–Crippen LogP) is 0.921. The fourth-order valence-electron chi connectivity index (χ4n) is 2.10. The number of hydrogen-bond donors (Lipinski definition) is 0. The second kappa shape index (κ2) is 5.40. The van der Waals surface area contributed by atoms with Gasteiger partial charge in [0.25, 0.3) is 0 Å². The number of rotatable bonds is 4. The molecule has 1 aliphatic heterocycles. The molecule has 0 unspecified atom stereocenters. The SMILES string of the molecule is CC1(C)COCCN1S(=O)(=O)c1cnn(CCCl)c1. The lowest BCUT2D eigenvalue weighted by Crippen LogP contribution is -2.55. The smallest absolute Gasteiger partial charge is 0.246 e. The summed E-state index contributed by atoms with van der Waals surface area (Å²) in [6, 6.07) is 0. The van der Waals surface area contributed by atoms with E-state index in [0.29, 0.717) is 32.2 Å². The van der Waals surface area contributed by atoms with Gasteiger partial charge in [-0.05, 0) is 13.8 Å². The van der Waals surface area contributed by atoms with E-state index in [1.165, 1.54) is 21.4 Å². The van der Waals surface area contributed by atoms with E-state index in [-0.39, 0.29) is 4.90 Å². The van der Waals surface area contributed by atoms with Crippen LogP contribution in [0.5, 0.6) is 0 Å². The molecule has 0 radical (unpaired) electrons. The normalized spacial score (nSPS) is 20.6. The number of nitrogens with zero attached hydrogens (tertiary/aromatic N) is 3. The van der Waals surface area contributed by atoms with E-state index in [1.807, 2.05) is 13.8 Å². The molecule has 1 aromatic heterocycles. The van der Waals surface area contributed by atoms with Crippen molar-refractivity contribution in [2.75, 3.05) is 25.6 Å². The Morgan fingerprint density at radius 1 is 1.53 bits per heavy atom. The largest absolute Gasteiger partial charge is 0.378 e. The van der Waals surface area contributed by atoms with Crippen LogP contribution in [-0.2, 0) is 21.3 Å². The Balaban J connectivity index is 2.30. The highest BCUT2D eigenvalue weighted by Crippen LogP contribution is 2.27. The zero-order valence-electron chi connectivity index (χ0n) is 11.0. The molecule has 2 heterocycles. The van der Waals surface area contributed by atoms with Crippen molar-refractivity contribution < 1.29 is 13.2 Å². The molecular weight excluding hydrogens is 290 g/mol. The summed E-state index contributed by atoms with van der Waals surface area (Å²) in [5.41, 5.74) is -0.550. The first-order valence-corrected chi connectivity index (χ1v) is 8.04. The second-order valence-electron chi connectivity index (χ2n) is 5.07. The third-order valence-corrected chi connectivity index (χ3v) is 5.31. The van der Waals surface area contributed by atoms with Gasteiger partial charge in [0.1, 0.15) is 4.90 Å². The molecule has 1 aliphatic rings. The summed E-state index contributed by atoms with van der Waals surface area (Å²) in [5.74, 6) is 0.393. The van der Waals surface area contributed by atoms with Gasteiger partial charge >= 0.3 is 0 Å². The van der Waals surface area contributed by atoms with Gasteiger partial charge in [-0.1, -0.05) is 0 Å². The highest BCUT2D eigenvalue weighted by Gasteiger charge is 2.40. The van der Waals surface area contributed by atoms with Gasteiger partial charge in [0.05, 0.1) is 31.5 Å². The number of aromatic nitrogens is 2. The fourth-order valence-corrected chi connectivity index (χ4v) is 3.98. The van der Waals surface area contributed by atoms with Gasteiger partial charge in [-0.15, -0.1) is 11.6 Å². The van der Waals surface area contributed by atoms with Gasteiger partial charge in [0, 0.05) is 18.6 Å². The van der Waals surface area contributed by atoms with Gasteiger partial charge in [-0.25, -0.2) is 8.42 Å². The van der Waals surface area contributed by atoms with E-state index < -0.39 is 15.6 Å². The van der Waals surface area contributed by atoms with Crippen molar-refractivity contribution in [3.63, 3.8) is 0 Å². The summed E-state index contributed by atoms with van der Waals surface area (Å²) >= 11 is 5.62. The number of aryl methyl sites for hydroxylation is 1. The van der Waals surface area contributed by atoms with Gasteiger partial charge in [-0.2, -0.15) is 9.40 Å². The van der Waals surface area contributed by atoms with Crippen molar-refractivity contribution in [1.29, 1.82) is 0 Å². The number of ether oxygens (including phenoxy) is 1. The van der Waals surface area contributed by atoms with E-state index >= 15 is 0 Å². The molecule has 0 N–H and O–H groups in total. The summed E-state index contributed by atoms with van der Waals surface area (Å²) in [6.07, 6.45) is 2.89. The van der Waals surface area contributed by atoms with E-state index in [9.17, 15) is 8.42 Å². The minimum atomic E-state index is -3.54. The molecular formula is C11H18ClN3O3S. The van der Waals surface area contributed by atoms with Crippen molar-refractivity contribution in [3.8, 4) is 0 Å². The zero-order valence-corrected chi connectivity index (χ0v) is 12.6. The maximum absolute atomic E-state index is 12.6. The summed E-state index contributed by atoms with van der Waals surface area (Å²) in [4.78, 5) is 0.201. The molecule has 6 nitrogen and oxygen atoms in total. The van der Waals surface area contributed by atoms with Crippen LogP contribution in [0.15, 0.2) is 17.3 Å². The summed E-state index contributed by atoms with van der Waals surface area (Å²) in [7, 11) is -3.54. The van der Waals surface area contributed by atoms with Crippen molar-refractivity contribution in [3.05, 3.63) is 12.4 Å². The van der Waals surface area contributed by atoms with Crippen molar-refractivity contribution in [2.45, 2.75) is 30.8 Å². The zero-order chi connectivity index (χ0) is 14.1. The maximum Gasteiger partial charge on any atom is 0.246 e. The topological polar surface area (TPSA) is 64.4 Å². The van der Waals surface area contributed by atoms with E-state index in [4.69, 9.17) is 16.3 Å². The molecule has 19 heavy (non-hydrogen) atoms. The Morgan fingerprint density at radius 2 is 2.26 bits per heavy atom. The molecule has 0 saturated carbocycles. The number of hydrogen-bond acceptors (Lipinski definition) is 4. The van der Waals surface area contributed by atoms with Gasteiger partial charge in [-0.3, -0.25) is 4.68 Å². The fraction of sp³-hybridized carbons (Fsp3) is 0.727. The molecule has 0 aromatic carbocycles. The van der Waals surface area contributed by atoms with Gasteiger partial charge in [0.2, 0.25) is 10.0 Å². The average Bonchev–Trinajstić information content (AvgIpc) is 2.78. The molecule has 1 fully saturated rings. The Hall–Kier alpha value is -0.630. The first kappa shape index (κ1) is 14.8. The van der Waals surface area contributed by atoms with Crippen LogP contribution in [0, 0.1) is 0 Å². The third-order valence-electron chi connectivity index (χ3n) is 3.08.